The number of anilines is 1. The van der Waals surface area contributed by atoms with E-state index in [0.29, 0.717) is 5.69 Å². The zero-order valence-electron chi connectivity index (χ0n) is 10.1. The lowest BCUT2D eigenvalue weighted by Gasteiger charge is -2.04. The Balaban J connectivity index is 1.83. The Kier molecular flexibility index (Phi) is 4.52. The number of rotatable bonds is 5. The monoisotopic (exact) mass is 321 g/mol. The molecule has 1 aromatic heterocycles. The first kappa shape index (κ1) is 13.5. The van der Waals surface area contributed by atoms with Crippen molar-refractivity contribution >= 4 is 33.3 Å². The second kappa shape index (κ2) is 6.33. The molecular weight excluding hydrogens is 310 g/mol. The van der Waals surface area contributed by atoms with Gasteiger partial charge in [-0.05, 0) is 30.3 Å². The van der Waals surface area contributed by atoms with E-state index in [1.165, 1.54) is 6.26 Å². The van der Waals surface area contributed by atoms with Crippen molar-refractivity contribution < 1.29 is 14.0 Å². The fourth-order valence-electron chi connectivity index (χ4n) is 1.58. The quantitative estimate of drug-likeness (QED) is 0.855. The molecule has 0 saturated heterocycles. The van der Waals surface area contributed by atoms with E-state index < -0.39 is 0 Å². The van der Waals surface area contributed by atoms with E-state index in [0.717, 1.165) is 4.47 Å². The molecule has 19 heavy (non-hydrogen) atoms. The Hall–Kier alpha value is -1.88. The van der Waals surface area contributed by atoms with E-state index in [-0.39, 0.29) is 30.3 Å². The number of nitrogens with one attached hydrogen (secondary N) is 1. The summed E-state index contributed by atoms with van der Waals surface area (Å²) in [5.74, 6) is -0.0809. The van der Waals surface area contributed by atoms with Gasteiger partial charge in [-0.15, -0.1) is 0 Å². The van der Waals surface area contributed by atoms with Crippen LogP contribution in [0, 0.1) is 0 Å². The summed E-state index contributed by atoms with van der Waals surface area (Å²) in [7, 11) is 0. The minimum atomic E-state index is -0.196. The first-order valence-corrected chi connectivity index (χ1v) is 6.56. The number of halogens is 1. The average molecular weight is 322 g/mol. The number of Topliss-reactive ketones (excluding diaryl/α,β-unsaturated/α-hetero) is 1. The van der Waals surface area contributed by atoms with Gasteiger partial charge in [0.1, 0.15) is 0 Å². The van der Waals surface area contributed by atoms with E-state index in [9.17, 15) is 9.59 Å². The fourth-order valence-corrected chi connectivity index (χ4v) is 1.98. The van der Waals surface area contributed by atoms with Crippen LogP contribution in [0.5, 0.6) is 0 Å². The topological polar surface area (TPSA) is 59.3 Å². The standard InChI is InChI=1S/C14H12BrNO3/c15-10-3-1-4-11(9-10)16-14(18)7-6-12(17)13-5-2-8-19-13/h1-5,8-9H,6-7H2,(H,16,18). The minimum absolute atomic E-state index is 0.131. The Bertz CT molecular complexity index is 578. The summed E-state index contributed by atoms with van der Waals surface area (Å²) in [5, 5.41) is 2.73. The maximum Gasteiger partial charge on any atom is 0.224 e. The summed E-state index contributed by atoms with van der Waals surface area (Å²) in [5.41, 5.74) is 0.699. The fraction of sp³-hybridized carbons (Fsp3) is 0.143. The predicted molar refractivity (Wildman–Crippen MR) is 75.0 cm³/mol. The smallest absolute Gasteiger partial charge is 0.224 e. The molecule has 0 fully saturated rings. The van der Waals surface area contributed by atoms with Crippen LogP contribution >= 0.6 is 15.9 Å². The summed E-state index contributed by atoms with van der Waals surface area (Å²) in [4.78, 5) is 23.3. The highest BCUT2D eigenvalue weighted by Gasteiger charge is 2.11. The molecule has 2 aromatic rings. The minimum Gasteiger partial charge on any atom is -0.461 e. The van der Waals surface area contributed by atoms with Gasteiger partial charge in [0.2, 0.25) is 5.91 Å². The van der Waals surface area contributed by atoms with Crippen molar-refractivity contribution in [3.05, 3.63) is 52.9 Å². The van der Waals surface area contributed by atoms with Gasteiger partial charge in [-0.2, -0.15) is 0 Å². The van der Waals surface area contributed by atoms with Crippen molar-refractivity contribution in [3.63, 3.8) is 0 Å². The molecule has 0 unspecified atom stereocenters. The second-order valence-electron chi connectivity index (χ2n) is 3.96. The van der Waals surface area contributed by atoms with Gasteiger partial charge in [-0.25, -0.2) is 0 Å². The number of hydrogen-bond donors (Lipinski definition) is 1. The van der Waals surface area contributed by atoms with Crippen molar-refractivity contribution in [2.45, 2.75) is 12.8 Å². The van der Waals surface area contributed by atoms with Gasteiger partial charge >= 0.3 is 0 Å². The molecule has 1 aromatic carbocycles. The molecule has 1 amide bonds. The molecule has 98 valence electrons. The van der Waals surface area contributed by atoms with Crippen molar-refractivity contribution in [2.24, 2.45) is 0 Å². The van der Waals surface area contributed by atoms with Crippen molar-refractivity contribution in [1.82, 2.24) is 0 Å². The van der Waals surface area contributed by atoms with Gasteiger partial charge < -0.3 is 9.73 Å². The third kappa shape index (κ3) is 4.06. The molecule has 0 aliphatic heterocycles. The Labute approximate surface area is 118 Å². The number of ketones is 1. The molecule has 2 rings (SSSR count). The van der Waals surface area contributed by atoms with E-state index in [1.54, 1.807) is 24.3 Å². The molecule has 0 aliphatic carbocycles. The van der Waals surface area contributed by atoms with Gasteiger partial charge in [-0.3, -0.25) is 9.59 Å². The molecule has 0 saturated carbocycles. The van der Waals surface area contributed by atoms with Crippen LogP contribution in [-0.2, 0) is 4.79 Å². The van der Waals surface area contributed by atoms with Gasteiger partial charge in [0.25, 0.3) is 0 Å². The van der Waals surface area contributed by atoms with Crippen LogP contribution in [0.3, 0.4) is 0 Å². The average Bonchev–Trinajstić information content (AvgIpc) is 2.90. The van der Waals surface area contributed by atoms with Crippen molar-refractivity contribution in [2.75, 3.05) is 5.32 Å². The Morgan fingerprint density at radius 2 is 2.00 bits per heavy atom. The van der Waals surface area contributed by atoms with Crippen LogP contribution in [-0.4, -0.2) is 11.7 Å². The van der Waals surface area contributed by atoms with Crippen LogP contribution in [0.2, 0.25) is 0 Å². The largest absolute Gasteiger partial charge is 0.461 e. The highest BCUT2D eigenvalue weighted by Crippen LogP contribution is 2.16. The van der Waals surface area contributed by atoms with E-state index in [2.05, 4.69) is 21.2 Å². The summed E-state index contributed by atoms with van der Waals surface area (Å²) in [6.45, 7) is 0. The molecule has 0 atom stereocenters. The van der Waals surface area contributed by atoms with Crippen molar-refractivity contribution in [1.29, 1.82) is 0 Å². The summed E-state index contributed by atoms with van der Waals surface area (Å²) >= 11 is 3.32. The molecule has 0 aliphatic rings. The number of benzene rings is 1. The Morgan fingerprint density at radius 3 is 2.68 bits per heavy atom. The molecule has 0 radical (unpaired) electrons. The number of carbonyl (C=O) groups is 2. The normalized spacial score (nSPS) is 10.2. The Morgan fingerprint density at radius 1 is 1.16 bits per heavy atom. The summed E-state index contributed by atoms with van der Waals surface area (Å²) in [6, 6.07) is 10.5. The third-order valence-corrected chi connectivity index (χ3v) is 2.98. The van der Waals surface area contributed by atoms with Gasteiger partial charge in [0, 0.05) is 23.0 Å². The lowest BCUT2D eigenvalue weighted by molar-refractivity contribution is -0.116. The van der Waals surface area contributed by atoms with E-state index >= 15 is 0 Å². The first-order valence-electron chi connectivity index (χ1n) is 5.77. The first-order chi connectivity index (χ1) is 9.15. The maximum atomic E-state index is 11.7. The summed E-state index contributed by atoms with van der Waals surface area (Å²) < 4.78 is 5.86. The molecule has 5 heteroatoms. The van der Waals surface area contributed by atoms with E-state index in [1.807, 2.05) is 12.1 Å². The SMILES string of the molecule is O=C(CCC(=O)c1ccco1)Nc1cccc(Br)c1. The molecule has 1 N–H and O–H groups in total. The molecule has 1 heterocycles. The predicted octanol–water partition coefficient (Wildman–Crippen LogP) is 3.64. The number of hydrogen-bond acceptors (Lipinski definition) is 3. The van der Waals surface area contributed by atoms with Gasteiger partial charge in [-0.1, -0.05) is 22.0 Å². The highest BCUT2D eigenvalue weighted by molar-refractivity contribution is 9.10. The van der Waals surface area contributed by atoms with Crippen LogP contribution in [0.4, 0.5) is 5.69 Å². The maximum absolute atomic E-state index is 11.7. The van der Waals surface area contributed by atoms with Gasteiger partial charge in [0.15, 0.2) is 11.5 Å². The number of carbonyl (C=O) groups excluding carboxylic acids is 2. The second-order valence-corrected chi connectivity index (χ2v) is 4.87. The molecule has 4 nitrogen and oxygen atoms in total. The van der Waals surface area contributed by atoms with Crippen LogP contribution < -0.4 is 5.32 Å². The molecule has 0 bridgehead atoms. The molecular formula is C14H12BrNO3. The van der Waals surface area contributed by atoms with Crippen LogP contribution in [0.1, 0.15) is 23.4 Å². The van der Waals surface area contributed by atoms with Crippen LogP contribution in [0.15, 0.2) is 51.6 Å². The van der Waals surface area contributed by atoms with Gasteiger partial charge in [0.05, 0.1) is 6.26 Å². The highest BCUT2D eigenvalue weighted by atomic mass is 79.9. The summed E-state index contributed by atoms with van der Waals surface area (Å²) in [6.07, 6.45) is 1.70. The van der Waals surface area contributed by atoms with E-state index in [4.69, 9.17) is 4.42 Å². The zero-order valence-corrected chi connectivity index (χ0v) is 11.6. The number of furan rings is 1. The molecule has 0 spiro atoms. The lowest BCUT2D eigenvalue weighted by Crippen LogP contribution is -2.13. The number of amides is 1. The van der Waals surface area contributed by atoms with Crippen LogP contribution in [0.25, 0.3) is 0 Å². The lowest BCUT2D eigenvalue weighted by atomic mass is 10.1. The third-order valence-electron chi connectivity index (χ3n) is 2.48. The van der Waals surface area contributed by atoms with Crippen molar-refractivity contribution in [3.8, 4) is 0 Å². The zero-order chi connectivity index (χ0) is 13.7.